The van der Waals surface area contributed by atoms with Crippen LogP contribution < -0.4 is 5.32 Å². The Morgan fingerprint density at radius 3 is 2.34 bits per heavy atom. The third-order valence-electron chi connectivity index (χ3n) is 6.95. The highest BCUT2D eigenvalue weighted by atomic mass is 19.4. The Labute approximate surface area is 259 Å². The second kappa shape index (κ2) is 19.3. The van der Waals surface area contributed by atoms with Crippen molar-refractivity contribution in [2.24, 2.45) is 5.92 Å². The smallest absolute Gasteiger partial charge is 0.385 e. The van der Waals surface area contributed by atoms with Crippen LogP contribution in [0.15, 0.2) is 84.3 Å². The van der Waals surface area contributed by atoms with Crippen molar-refractivity contribution in [1.29, 1.82) is 0 Å². The molecule has 1 aromatic heterocycles. The van der Waals surface area contributed by atoms with E-state index in [2.05, 4.69) is 23.1 Å². The van der Waals surface area contributed by atoms with Crippen LogP contribution in [0, 0.1) is 31.5 Å². The number of carbonyl (C=O) groups excluding carboxylic acids is 1. The highest BCUT2D eigenvalue weighted by Gasteiger charge is 2.33. The molecular weight excluding hydrogens is 568 g/mol. The van der Waals surface area contributed by atoms with Gasteiger partial charge in [-0.15, -0.1) is 12.8 Å². The Hall–Kier alpha value is -3.96. The summed E-state index contributed by atoms with van der Waals surface area (Å²) >= 11 is 0. The van der Waals surface area contributed by atoms with Crippen molar-refractivity contribution in [2.45, 2.75) is 84.4 Å². The van der Waals surface area contributed by atoms with E-state index in [0.717, 1.165) is 48.5 Å². The zero-order chi connectivity index (χ0) is 33.2. The molecule has 0 radical (unpaired) electrons. The van der Waals surface area contributed by atoms with Crippen molar-refractivity contribution < 1.29 is 27.5 Å². The molecule has 3 rings (SSSR count). The Bertz CT molecular complexity index is 1300. The molecule has 44 heavy (non-hydrogen) atoms. The van der Waals surface area contributed by atoms with Crippen LogP contribution in [0.2, 0.25) is 0 Å². The minimum atomic E-state index is -4.49. The van der Waals surface area contributed by atoms with Gasteiger partial charge in [0.1, 0.15) is 11.6 Å². The molecule has 1 heterocycles. The first kappa shape index (κ1) is 38.1. The molecule has 0 amide bonds. The quantitative estimate of drug-likeness (QED) is 0.0778. The average molecular weight is 613 g/mol. The molecule has 1 fully saturated rings. The highest BCUT2D eigenvalue weighted by molar-refractivity contribution is 5.79. The van der Waals surface area contributed by atoms with Gasteiger partial charge in [-0.05, 0) is 86.8 Å². The highest BCUT2D eigenvalue weighted by Crippen LogP contribution is 2.40. The normalized spacial score (nSPS) is 15.2. The van der Waals surface area contributed by atoms with Gasteiger partial charge in [-0.1, -0.05) is 75.3 Å². The standard InChI is InChI=1S/C19H25FO.C15H17F3N2O.C2H2/c1-3-4-5-6-12-19(21,13-11-16-7-8-16)17-9-10-18(20)15(2)14-17;1-3-5-12(15(16,17)18)8-13(10-21)20-14-7-6-11(4-2)9-19-14;1-2/h3-6,9-10,14,16,21H,7-8,11-13H2,1-2H3;5-10H,3-4H2,1-2H3,(H,19,20);1-2H/b4-3-,6-5-;12-5-,13-8-;. The van der Waals surface area contributed by atoms with Crippen molar-refractivity contribution in [3.8, 4) is 12.8 Å². The number of nitrogens with one attached hydrogen (secondary N) is 1. The molecule has 1 aliphatic carbocycles. The van der Waals surface area contributed by atoms with Crippen LogP contribution in [0.5, 0.6) is 0 Å². The number of aldehydes is 1. The average Bonchev–Trinajstić information content (AvgIpc) is 3.85. The summed E-state index contributed by atoms with van der Waals surface area (Å²) in [7, 11) is 0. The summed E-state index contributed by atoms with van der Waals surface area (Å²) in [5, 5.41) is 13.7. The Morgan fingerprint density at radius 2 is 1.84 bits per heavy atom. The van der Waals surface area contributed by atoms with Gasteiger partial charge in [0.2, 0.25) is 0 Å². The fraction of sp³-hybridized carbons (Fsp3) is 0.389. The van der Waals surface area contributed by atoms with E-state index in [1.165, 1.54) is 18.9 Å². The van der Waals surface area contributed by atoms with Crippen LogP contribution in [0.25, 0.3) is 0 Å². The van der Waals surface area contributed by atoms with Gasteiger partial charge in [-0.3, -0.25) is 4.79 Å². The maximum absolute atomic E-state index is 13.5. The SMILES string of the molecule is C#C.C/C=C\C=C/CC(O)(CCC1CC1)c1ccc(F)c(C)c1.CC/C=C(/C=C(/C=O)Nc1ccc(CC)cn1)C(F)(F)F. The first-order valence-corrected chi connectivity index (χ1v) is 14.7. The number of anilines is 1. The molecule has 1 saturated carbocycles. The number of allylic oxidation sites excluding steroid dienone is 7. The minimum Gasteiger partial charge on any atom is -0.385 e. The third kappa shape index (κ3) is 13.6. The molecule has 2 N–H and O–H groups in total. The minimum absolute atomic E-state index is 0.191. The lowest BCUT2D eigenvalue weighted by atomic mass is 9.84. The van der Waals surface area contributed by atoms with Crippen LogP contribution in [0.3, 0.4) is 0 Å². The van der Waals surface area contributed by atoms with Gasteiger partial charge in [0, 0.05) is 6.20 Å². The number of alkyl halides is 3. The van der Waals surface area contributed by atoms with Crippen LogP contribution in [-0.4, -0.2) is 22.6 Å². The number of nitrogens with zero attached hydrogens (tertiary/aromatic N) is 1. The summed E-state index contributed by atoms with van der Waals surface area (Å²) in [4.78, 5) is 15.0. The first-order valence-electron chi connectivity index (χ1n) is 14.7. The summed E-state index contributed by atoms with van der Waals surface area (Å²) in [6.07, 6.45) is 21.1. The summed E-state index contributed by atoms with van der Waals surface area (Å²) in [6, 6.07) is 8.38. The molecule has 2 aromatic rings. The molecule has 0 spiro atoms. The van der Waals surface area contributed by atoms with Crippen LogP contribution in [0.1, 0.15) is 76.0 Å². The number of aryl methyl sites for hydroxylation is 2. The monoisotopic (exact) mass is 612 g/mol. The number of rotatable bonds is 13. The molecule has 8 heteroatoms. The number of hydrogen-bond acceptors (Lipinski definition) is 4. The van der Waals surface area contributed by atoms with Gasteiger partial charge in [-0.25, -0.2) is 9.37 Å². The Morgan fingerprint density at radius 1 is 1.14 bits per heavy atom. The lowest BCUT2D eigenvalue weighted by molar-refractivity contribution is -0.104. The van der Waals surface area contributed by atoms with Gasteiger partial charge < -0.3 is 10.4 Å². The fourth-order valence-electron chi connectivity index (χ4n) is 4.20. The summed E-state index contributed by atoms with van der Waals surface area (Å²) in [5.41, 5.74) is 0.480. The van der Waals surface area contributed by atoms with E-state index in [9.17, 15) is 27.5 Å². The molecular formula is C36H44F4N2O2. The number of aliphatic hydroxyl groups is 1. The second-order valence-electron chi connectivity index (χ2n) is 10.4. The van der Waals surface area contributed by atoms with E-state index < -0.39 is 17.4 Å². The molecule has 1 atom stereocenters. The molecule has 1 aromatic carbocycles. The Balaban J connectivity index is 0.000000417. The first-order chi connectivity index (χ1) is 20.9. The predicted molar refractivity (Wildman–Crippen MR) is 171 cm³/mol. The van der Waals surface area contributed by atoms with E-state index in [0.29, 0.717) is 24.1 Å². The fourth-order valence-corrected chi connectivity index (χ4v) is 4.20. The number of halogens is 4. The maximum atomic E-state index is 13.5. The number of benzene rings is 1. The number of carbonyl (C=O) groups is 1. The molecule has 0 saturated heterocycles. The second-order valence-corrected chi connectivity index (χ2v) is 10.4. The molecule has 1 aliphatic rings. The number of hydrogen-bond donors (Lipinski definition) is 2. The summed E-state index contributed by atoms with van der Waals surface area (Å²) in [5.74, 6) is 0.883. The molecule has 0 bridgehead atoms. The molecule has 0 aliphatic heterocycles. The largest absolute Gasteiger partial charge is 0.416 e. The lowest BCUT2D eigenvalue weighted by Gasteiger charge is -2.28. The zero-order valence-electron chi connectivity index (χ0n) is 26.0. The van der Waals surface area contributed by atoms with E-state index in [-0.39, 0.29) is 17.9 Å². The number of aromatic nitrogens is 1. The van der Waals surface area contributed by atoms with Crippen LogP contribution >= 0.6 is 0 Å². The van der Waals surface area contributed by atoms with E-state index in [1.54, 1.807) is 44.3 Å². The van der Waals surface area contributed by atoms with Gasteiger partial charge in [0.15, 0.2) is 6.29 Å². The van der Waals surface area contributed by atoms with E-state index >= 15 is 0 Å². The summed E-state index contributed by atoms with van der Waals surface area (Å²) < 4.78 is 51.8. The van der Waals surface area contributed by atoms with Gasteiger partial charge in [-0.2, -0.15) is 13.2 Å². The zero-order valence-corrected chi connectivity index (χ0v) is 26.0. The van der Waals surface area contributed by atoms with Gasteiger partial charge >= 0.3 is 6.18 Å². The van der Waals surface area contributed by atoms with Crippen molar-refractivity contribution in [1.82, 2.24) is 4.98 Å². The number of pyridine rings is 1. The molecule has 4 nitrogen and oxygen atoms in total. The van der Waals surface area contributed by atoms with Crippen LogP contribution in [-0.2, 0) is 16.8 Å². The summed E-state index contributed by atoms with van der Waals surface area (Å²) in [6.45, 7) is 7.27. The topological polar surface area (TPSA) is 62.2 Å². The van der Waals surface area contributed by atoms with Crippen LogP contribution in [0.4, 0.5) is 23.4 Å². The van der Waals surface area contributed by atoms with Gasteiger partial charge in [0.05, 0.1) is 16.9 Å². The van der Waals surface area contributed by atoms with Crippen molar-refractivity contribution in [3.05, 3.63) is 107 Å². The van der Waals surface area contributed by atoms with Crippen molar-refractivity contribution >= 4 is 12.1 Å². The van der Waals surface area contributed by atoms with Gasteiger partial charge in [0.25, 0.3) is 0 Å². The van der Waals surface area contributed by atoms with E-state index in [1.807, 2.05) is 38.2 Å². The van der Waals surface area contributed by atoms with Crippen molar-refractivity contribution in [3.63, 3.8) is 0 Å². The number of terminal acetylenes is 1. The Kier molecular flexibility index (Phi) is 16.7. The third-order valence-corrected chi connectivity index (χ3v) is 6.95. The maximum Gasteiger partial charge on any atom is 0.416 e. The predicted octanol–water partition coefficient (Wildman–Crippen LogP) is 9.32. The molecule has 238 valence electrons. The lowest BCUT2D eigenvalue weighted by Crippen LogP contribution is -2.25. The van der Waals surface area contributed by atoms with E-state index in [4.69, 9.17) is 0 Å². The molecule has 1 unspecified atom stereocenters. The van der Waals surface area contributed by atoms with Crippen molar-refractivity contribution in [2.75, 3.05) is 5.32 Å².